The average molecular weight is 293 g/mol. The van der Waals surface area contributed by atoms with Crippen LogP contribution in [0.2, 0.25) is 0 Å². The van der Waals surface area contributed by atoms with Gasteiger partial charge in [-0.1, -0.05) is 19.3 Å². The fourth-order valence-electron chi connectivity index (χ4n) is 4.94. The fraction of sp³-hybridized carbons (Fsp3) is 0.882. The summed E-state index contributed by atoms with van der Waals surface area (Å²) in [5.41, 5.74) is 0. The predicted octanol–water partition coefficient (Wildman–Crippen LogP) is 2.82. The number of hydrogen-bond donors (Lipinski definition) is 2. The smallest absolute Gasteiger partial charge is 0.307 e. The molecule has 4 heteroatoms. The first kappa shape index (κ1) is 14.9. The molecular formula is C17H27NO3. The van der Waals surface area contributed by atoms with Crippen molar-refractivity contribution in [2.24, 2.45) is 29.6 Å². The lowest BCUT2D eigenvalue weighted by Gasteiger charge is -2.45. The van der Waals surface area contributed by atoms with Crippen LogP contribution in [0.15, 0.2) is 0 Å². The van der Waals surface area contributed by atoms with E-state index in [-0.39, 0.29) is 17.7 Å². The lowest BCUT2D eigenvalue weighted by Crippen LogP contribution is -2.51. The Hall–Kier alpha value is -1.06. The van der Waals surface area contributed by atoms with E-state index in [0.29, 0.717) is 11.8 Å². The summed E-state index contributed by atoms with van der Waals surface area (Å²) in [7, 11) is 0. The number of hydrogen-bond acceptors (Lipinski definition) is 2. The van der Waals surface area contributed by atoms with Gasteiger partial charge in [0.25, 0.3) is 0 Å². The molecule has 4 aliphatic carbocycles. The summed E-state index contributed by atoms with van der Waals surface area (Å²) < 4.78 is 0. The van der Waals surface area contributed by atoms with Gasteiger partial charge in [0.1, 0.15) is 0 Å². The van der Waals surface area contributed by atoms with E-state index < -0.39 is 11.9 Å². The quantitative estimate of drug-likeness (QED) is 0.837. The highest BCUT2D eigenvalue weighted by atomic mass is 16.4. The van der Waals surface area contributed by atoms with Crippen LogP contribution < -0.4 is 5.32 Å². The molecule has 2 N–H and O–H groups in total. The van der Waals surface area contributed by atoms with Gasteiger partial charge in [-0.25, -0.2) is 0 Å². The third-order valence-electron chi connectivity index (χ3n) is 6.10. The highest BCUT2D eigenvalue weighted by Crippen LogP contribution is 2.49. The number of carboxylic acid groups (broad SMARTS) is 1. The van der Waals surface area contributed by atoms with Crippen LogP contribution in [0.5, 0.6) is 0 Å². The van der Waals surface area contributed by atoms with Crippen molar-refractivity contribution in [2.75, 3.05) is 6.54 Å². The Morgan fingerprint density at radius 3 is 2.00 bits per heavy atom. The molecule has 118 valence electrons. The second-order valence-electron chi connectivity index (χ2n) is 7.31. The van der Waals surface area contributed by atoms with E-state index in [1.165, 1.54) is 32.1 Å². The first-order chi connectivity index (χ1) is 10.2. The molecule has 0 aromatic rings. The van der Waals surface area contributed by atoms with Crippen LogP contribution in [0.4, 0.5) is 0 Å². The SMILES string of the molecule is O=C(O)[C@@H]1C2CCC(CC2)[C@H]1C(=O)NCC1CCCCC1. The van der Waals surface area contributed by atoms with Crippen molar-refractivity contribution in [1.82, 2.24) is 5.32 Å². The third-order valence-corrected chi connectivity index (χ3v) is 6.10. The first-order valence-corrected chi connectivity index (χ1v) is 8.67. The van der Waals surface area contributed by atoms with E-state index in [1.54, 1.807) is 0 Å². The maximum absolute atomic E-state index is 12.6. The van der Waals surface area contributed by atoms with Crippen LogP contribution >= 0.6 is 0 Å². The summed E-state index contributed by atoms with van der Waals surface area (Å²) >= 11 is 0. The third kappa shape index (κ3) is 3.09. The Labute approximate surface area is 126 Å². The van der Waals surface area contributed by atoms with Crippen LogP contribution in [0.25, 0.3) is 0 Å². The molecule has 0 aromatic heterocycles. The second-order valence-corrected chi connectivity index (χ2v) is 7.31. The molecule has 0 spiro atoms. The van der Waals surface area contributed by atoms with Crippen molar-refractivity contribution >= 4 is 11.9 Å². The van der Waals surface area contributed by atoms with E-state index in [4.69, 9.17) is 0 Å². The summed E-state index contributed by atoms with van der Waals surface area (Å²) in [5, 5.41) is 12.6. The standard InChI is InChI=1S/C17H27NO3/c19-16(18-10-11-4-2-1-3-5-11)14-12-6-8-13(9-7-12)15(14)17(20)21/h11-15H,1-10H2,(H,18,19)(H,20,21)/t12?,13?,14-,15-/m1/s1. The minimum absolute atomic E-state index is 0.0161. The average Bonchev–Trinajstić information content (AvgIpc) is 2.53. The van der Waals surface area contributed by atoms with Crippen molar-refractivity contribution in [1.29, 1.82) is 0 Å². The van der Waals surface area contributed by atoms with Crippen LogP contribution in [-0.4, -0.2) is 23.5 Å². The second kappa shape index (κ2) is 6.37. The van der Waals surface area contributed by atoms with Gasteiger partial charge in [-0.3, -0.25) is 9.59 Å². The van der Waals surface area contributed by atoms with Crippen molar-refractivity contribution in [3.63, 3.8) is 0 Å². The number of rotatable bonds is 4. The number of aliphatic carboxylic acids is 1. The van der Waals surface area contributed by atoms with Crippen LogP contribution in [-0.2, 0) is 9.59 Å². The Morgan fingerprint density at radius 2 is 1.43 bits per heavy atom. The van der Waals surface area contributed by atoms with E-state index in [1.807, 2.05) is 0 Å². The van der Waals surface area contributed by atoms with Crippen LogP contribution in [0, 0.1) is 29.6 Å². The van der Waals surface area contributed by atoms with Gasteiger partial charge in [-0.15, -0.1) is 0 Å². The van der Waals surface area contributed by atoms with Crippen molar-refractivity contribution in [2.45, 2.75) is 57.8 Å². The topological polar surface area (TPSA) is 66.4 Å². The molecular weight excluding hydrogens is 266 g/mol. The van der Waals surface area contributed by atoms with Gasteiger partial charge in [-0.2, -0.15) is 0 Å². The molecule has 4 fully saturated rings. The molecule has 2 bridgehead atoms. The van der Waals surface area contributed by atoms with Gasteiger partial charge >= 0.3 is 5.97 Å². The van der Waals surface area contributed by atoms with Crippen molar-refractivity contribution in [3.8, 4) is 0 Å². The van der Waals surface area contributed by atoms with Crippen molar-refractivity contribution in [3.05, 3.63) is 0 Å². The summed E-state index contributed by atoms with van der Waals surface area (Å²) in [5.74, 6) is -0.348. The molecule has 0 aliphatic heterocycles. The van der Waals surface area contributed by atoms with Crippen LogP contribution in [0.1, 0.15) is 57.8 Å². The molecule has 4 saturated carbocycles. The molecule has 0 saturated heterocycles. The zero-order valence-corrected chi connectivity index (χ0v) is 12.7. The molecule has 4 aliphatic rings. The maximum atomic E-state index is 12.6. The highest BCUT2D eigenvalue weighted by Gasteiger charge is 2.50. The van der Waals surface area contributed by atoms with Gasteiger partial charge in [0.05, 0.1) is 11.8 Å². The summed E-state index contributed by atoms with van der Waals surface area (Å²) in [6.45, 7) is 0.749. The Kier molecular flexibility index (Phi) is 4.51. The first-order valence-electron chi connectivity index (χ1n) is 8.67. The monoisotopic (exact) mass is 293 g/mol. The van der Waals surface area contributed by atoms with Gasteiger partial charge in [-0.05, 0) is 56.3 Å². The molecule has 4 nitrogen and oxygen atoms in total. The summed E-state index contributed by atoms with van der Waals surface area (Å²) in [4.78, 5) is 24.2. The number of nitrogens with one attached hydrogen (secondary N) is 1. The Morgan fingerprint density at radius 1 is 0.857 bits per heavy atom. The van der Waals surface area contributed by atoms with Gasteiger partial charge in [0.2, 0.25) is 5.91 Å². The van der Waals surface area contributed by atoms with Gasteiger partial charge in [0, 0.05) is 6.54 Å². The zero-order chi connectivity index (χ0) is 14.8. The molecule has 0 radical (unpaired) electrons. The normalized spacial score (nSPS) is 36.4. The number of carboxylic acids is 1. The largest absolute Gasteiger partial charge is 0.481 e. The van der Waals surface area contributed by atoms with E-state index in [2.05, 4.69) is 5.32 Å². The number of carbonyl (C=O) groups excluding carboxylic acids is 1. The van der Waals surface area contributed by atoms with Gasteiger partial charge < -0.3 is 10.4 Å². The molecule has 21 heavy (non-hydrogen) atoms. The molecule has 0 heterocycles. The minimum Gasteiger partial charge on any atom is -0.481 e. The fourth-order valence-corrected chi connectivity index (χ4v) is 4.94. The summed E-state index contributed by atoms with van der Waals surface area (Å²) in [6.07, 6.45) is 10.3. The molecule has 0 unspecified atom stereocenters. The van der Waals surface area contributed by atoms with E-state index in [0.717, 1.165) is 32.2 Å². The number of carbonyl (C=O) groups is 2. The maximum Gasteiger partial charge on any atom is 0.307 e. The Bertz CT molecular complexity index is 395. The lowest BCUT2D eigenvalue weighted by molar-refractivity contribution is -0.158. The Balaban J connectivity index is 1.60. The summed E-state index contributed by atoms with van der Waals surface area (Å²) in [6, 6.07) is 0. The van der Waals surface area contributed by atoms with Gasteiger partial charge in [0.15, 0.2) is 0 Å². The predicted molar refractivity (Wildman–Crippen MR) is 79.6 cm³/mol. The van der Waals surface area contributed by atoms with E-state index >= 15 is 0 Å². The molecule has 0 aromatic carbocycles. The molecule has 4 rings (SSSR count). The lowest BCUT2D eigenvalue weighted by atomic mass is 9.58. The number of amides is 1. The molecule has 2 atom stereocenters. The molecule has 1 amide bonds. The highest BCUT2D eigenvalue weighted by molar-refractivity contribution is 5.85. The van der Waals surface area contributed by atoms with Crippen LogP contribution in [0.3, 0.4) is 0 Å². The minimum atomic E-state index is -0.762. The van der Waals surface area contributed by atoms with E-state index in [9.17, 15) is 14.7 Å². The van der Waals surface area contributed by atoms with Crippen molar-refractivity contribution < 1.29 is 14.7 Å². The zero-order valence-electron chi connectivity index (χ0n) is 12.7. The number of fused-ring (bicyclic) bond motifs is 3.